The van der Waals surface area contributed by atoms with E-state index in [1.807, 2.05) is 0 Å². The van der Waals surface area contributed by atoms with Crippen LogP contribution in [0.25, 0.3) is 0 Å². The molecule has 0 saturated heterocycles. The van der Waals surface area contributed by atoms with Gasteiger partial charge in [0.25, 0.3) is 0 Å². The topological polar surface area (TPSA) is 86.3 Å². The van der Waals surface area contributed by atoms with E-state index in [0.29, 0.717) is 5.56 Å². The maximum Gasteiger partial charge on any atom is 0.406 e. The van der Waals surface area contributed by atoms with Gasteiger partial charge in [-0.05, 0) is 17.7 Å². The Morgan fingerprint density at radius 2 is 1.78 bits per heavy atom. The minimum absolute atomic E-state index is 0.00332. The second-order valence-electron chi connectivity index (χ2n) is 6.63. The van der Waals surface area contributed by atoms with Crippen LogP contribution >= 0.6 is 11.8 Å². The summed E-state index contributed by atoms with van der Waals surface area (Å²) in [5.74, 6) is 4.42. The first-order valence-corrected chi connectivity index (χ1v) is 10.3. The fourth-order valence-electron chi connectivity index (χ4n) is 2.68. The number of hydrogen-bond donors (Lipinski definition) is 1. The molecular formula is C20H19F4N5O2S. The highest BCUT2D eigenvalue weighted by Gasteiger charge is 2.33. The van der Waals surface area contributed by atoms with E-state index in [2.05, 4.69) is 10.2 Å². The monoisotopic (exact) mass is 469 g/mol. The van der Waals surface area contributed by atoms with Crippen LogP contribution in [0.5, 0.6) is 5.75 Å². The summed E-state index contributed by atoms with van der Waals surface area (Å²) in [5.41, 5.74) is 0.574. The maximum absolute atomic E-state index is 13.6. The van der Waals surface area contributed by atoms with Crippen molar-refractivity contribution in [3.8, 4) is 5.75 Å². The van der Waals surface area contributed by atoms with Crippen LogP contribution in [0.4, 0.5) is 17.6 Å². The number of nitrogens with zero attached hydrogens (tertiary/aromatic N) is 4. The summed E-state index contributed by atoms with van der Waals surface area (Å²) in [6, 6.07) is 14.2. The standard InChI is InChI=1S/C20H19F4N5O2S/c21-15-8-4-5-9-16(15)31-11-17-26-27-19(29(17)25)32-12-18(30)28(13-20(22,23)24)10-14-6-2-1-3-7-14/h1-9H,10-13,25H2. The number of ether oxygens (including phenoxy) is 1. The van der Waals surface area contributed by atoms with Gasteiger partial charge < -0.3 is 15.5 Å². The predicted octanol–water partition coefficient (Wildman–Crippen LogP) is 3.39. The summed E-state index contributed by atoms with van der Waals surface area (Å²) < 4.78 is 58.9. The van der Waals surface area contributed by atoms with Gasteiger partial charge in [0, 0.05) is 6.54 Å². The second kappa shape index (κ2) is 10.4. The summed E-state index contributed by atoms with van der Waals surface area (Å²) >= 11 is 0.842. The fourth-order valence-corrected chi connectivity index (χ4v) is 3.46. The third-order valence-electron chi connectivity index (χ3n) is 4.19. The Bertz CT molecular complexity index is 1050. The van der Waals surface area contributed by atoms with Crippen LogP contribution in [-0.2, 0) is 17.9 Å². The van der Waals surface area contributed by atoms with E-state index >= 15 is 0 Å². The number of alkyl halides is 3. The van der Waals surface area contributed by atoms with Crippen molar-refractivity contribution in [2.75, 3.05) is 18.1 Å². The van der Waals surface area contributed by atoms with Crippen LogP contribution in [-0.4, -0.2) is 44.2 Å². The molecule has 0 aliphatic rings. The van der Waals surface area contributed by atoms with E-state index in [0.717, 1.165) is 21.3 Å². The first-order valence-electron chi connectivity index (χ1n) is 9.31. The number of rotatable bonds is 9. The van der Waals surface area contributed by atoms with E-state index in [1.54, 1.807) is 36.4 Å². The number of hydrogen-bond acceptors (Lipinski definition) is 6. The lowest BCUT2D eigenvalue weighted by Gasteiger charge is -2.24. The lowest BCUT2D eigenvalue weighted by atomic mass is 10.2. The van der Waals surface area contributed by atoms with Crippen molar-refractivity contribution >= 4 is 17.7 Å². The number of aromatic nitrogens is 3. The lowest BCUT2D eigenvalue weighted by Crippen LogP contribution is -2.39. The molecule has 3 rings (SSSR count). The highest BCUT2D eigenvalue weighted by Crippen LogP contribution is 2.22. The van der Waals surface area contributed by atoms with Gasteiger partial charge in [0.2, 0.25) is 11.1 Å². The Hall–Kier alpha value is -3.28. The quantitative estimate of drug-likeness (QED) is 0.294. The van der Waals surface area contributed by atoms with Gasteiger partial charge in [-0.15, -0.1) is 10.2 Å². The lowest BCUT2D eigenvalue weighted by molar-refractivity contribution is -0.160. The number of nitrogens with two attached hydrogens (primary N) is 1. The van der Waals surface area contributed by atoms with Gasteiger partial charge in [-0.2, -0.15) is 13.2 Å². The number of halogens is 4. The Kier molecular flexibility index (Phi) is 7.57. The van der Waals surface area contributed by atoms with Crippen LogP contribution < -0.4 is 10.6 Å². The van der Waals surface area contributed by atoms with E-state index < -0.39 is 24.4 Å². The van der Waals surface area contributed by atoms with Gasteiger partial charge in [-0.3, -0.25) is 4.79 Å². The molecule has 0 aliphatic heterocycles. The van der Waals surface area contributed by atoms with Crippen molar-refractivity contribution in [3.63, 3.8) is 0 Å². The number of benzene rings is 2. The molecule has 0 saturated carbocycles. The molecule has 1 aromatic heterocycles. The molecule has 2 aromatic carbocycles. The van der Waals surface area contributed by atoms with Gasteiger partial charge in [-0.1, -0.05) is 54.2 Å². The van der Waals surface area contributed by atoms with Crippen LogP contribution in [0, 0.1) is 5.82 Å². The predicted molar refractivity (Wildman–Crippen MR) is 110 cm³/mol. The van der Waals surface area contributed by atoms with Gasteiger partial charge in [0.1, 0.15) is 13.2 Å². The molecule has 3 aromatic rings. The number of amides is 1. The summed E-state index contributed by atoms with van der Waals surface area (Å²) in [4.78, 5) is 13.2. The van der Waals surface area contributed by atoms with Crippen molar-refractivity contribution < 1.29 is 27.1 Å². The van der Waals surface area contributed by atoms with Crippen molar-refractivity contribution in [2.45, 2.75) is 24.5 Å². The van der Waals surface area contributed by atoms with E-state index in [1.165, 1.54) is 18.2 Å². The molecule has 0 spiro atoms. The largest absolute Gasteiger partial charge is 0.482 e. The van der Waals surface area contributed by atoms with E-state index in [9.17, 15) is 22.4 Å². The summed E-state index contributed by atoms with van der Waals surface area (Å²) in [6.45, 7) is -1.75. The van der Waals surface area contributed by atoms with Crippen LogP contribution in [0.2, 0.25) is 0 Å². The molecule has 32 heavy (non-hydrogen) atoms. The summed E-state index contributed by atoms with van der Waals surface area (Å²) in [7, 11) is 0. The average Bonchev–Trinajstić information content (AvgIpc) is 3.10. The molecule has 0 radical (unpaired) electrons. The Labute approximate surface area is 185 Å². The highest BCUT2D eigenvalue weighted by atomic mass is 32.2. The number of nitrogen functional groups attached to an aromatic ring is 1. The van der Waals surface area contributed by atoms with Crippen LogP contribution in [0.1, 0.15) is 11.4 Å². The zero-order chi connectivity index (χ0) is 23.1. The molecule has 0 atom stereocenters. The van der Waals surface area contributed by atoms with E-state index in [-0.39, 0.29) is 35.6 Å². The van der Waals surface area contributed by atoms with Gasteiger partial charge in [0.15, 0.2) is 17.4 Å². The highest BCUT2D eigenvalue weighted by molar-refractivity contribution is 7.99. The molecule has 12 heteroatoms. The third kappa shape index (κ3) is 6.61. The Balaban J connectivity index is 1.61. The van der Waals surface area contributed by atoms with Crippen molar-refractivity contribution in [1.82, 2.24) is 19.8 Å². The Morgan fingerprint density at radius 1 is 1.09 bits per heavy atom. The summed E-state index contributed by atoms with van der Waals surface area (Å²) in [5, 5.41) is 7.76. The Morgan fingerprint density at radius 3 is 2.47 bits per heavy atom. The zero-order valence-electron chi connectivity index (χ0n) is 16.6. The molecule has 1 amide bonds. The minimum atomic E-state index is -4.54. The smallest absolute Gasteiger partial charge is 0.406 e. The third-order valence-corrected chi connectivity index (χ3v) is 5.12. The van der Waals surface area contributed by atoms with Gasteiger partial charge in [-0.25, -0.2) is 9.07 Å². The van der Waals surface area contributed by atoms with Crippen molar-refractivity contribution in [2.24, 2.45) is 0 Å². The molecule has 7 nitrogen and oxygen atoms in total. The first kappa shape index (κ1) is 23.4. The fraction of sp³-hybridized carbons (Fsp3) is 0.250. The number of para-hydroxylation sites is 1. The number of carbonyl (C=O) groups excluding carboxylic acids is 1. The average molecular weight is 469 g/mol. The number of thioether (sulfide) groups is 1. The van der Waals surface area contributed by atoms with Crippen LogP contribution in [0.3, 0.4) is 0 Å². The van der Waals surface area contributed by atoms with Crippen molar-refractivity contribution in [1.29, 1.82) is 0 Å². The molecular weight excluding hydrogens is 450 g/mol. The second-order valence-corrected chi connectivity index (χ2v) is 7.57. The SMILES string of the molecule is Nn1c(COc2ccccc2F)nnc1SCC(=O)N(Cc1ccccc1)CC(F)(F)F. The normalized spacial score (nSPS) is 11.4. The molecule has 2 N–H and O–H groups in total. The minimum Gasteiger partial charge on any atom is -0.482 e. The molecule has 170 valence electrons. The van der Waals surface area contributed by atoms with Crippen molar-refractivity contribution in [3.05, 3.63) is 71.8 Å². The molecule has 1 heterocycles. The molecule has 0 aliphatic carbocycles. The summed E-state index contributed by atoms with van der Waals surface area (Å²) in [6.07, 6.45) is -4.54. The molecule has 0 unspecified atom stereocenters. The number of carbonyl (C=O) groups is 1. The zero-order valence-corrected chi connectivity index (χ0v) is 17.4. The first-order chi connectivity index (χ1) is 15.2. The molecule has 0 fully saturated rings. The van der Waals surface area contributed by atoms with Crippen LogP contribution in [0.15, 0.2) is 59.8 Å². The van der Waals surface area contributed by atoms with Gasteiger partial charge >= 0.3 is 6.18 Å². The molecule has 0 bridgehead atoms. The van der Waals surface area contributed by atoms with E-state index in [4.69, 9.17) is 10.6 Å². The van der Waals surface area contributed by atoms with Gasteiger partial charge in [0.05, 0.1) is 5.75 Å². The maximum atomic E-state index is 13.6.